The van der Waals surface area contributed by atoms with Gasteiger partial charge in [-0.15, -0.1) is 0 Å². The average molecular weight is 600 g/mol. The molecule has 3 heterocycles. The zero-order valence-corrected chi connectivity index (χ0v) is 25.2. The number of benzene rings is 7. The van der Waals surface area contributed by atoms with Gasteiger partial charge in [0.15, 0.2) is 0 Å². The summed E-state index contributed by atoms with van der Waals surface area (Å²) >= 11 is 0. The van der Waals surface area contributed by atoms with Crippen molar-refractivity contribution in [1.29, 1.82) is 5.26 Å². The molecule has 0 aliphatic carbocycles. The molecule has 0 N–H and O–H groups in total. The van der Waals surface area contributed by atoms with Gasteiger partial charge in [-0.3, -0.25) is 0 Å². The van der Waals surface area contributed by atoms with Crippen molar-refractivity contribution < 1.29 is 4.42 Å². The van der Waals surface area contributed by atoms with E-state index in [0.29, 0.717) is 5.56 Å². The Morgan fingerprint density at radius 1 is 0.404 bits per heavy atom. The Hall–Kier alpha value is -6.57. The lowest BCUT2D eigenvalue weighted by Crippen LogP contribution is -1.96. The van der Waals surface area contributed by atoms with E-state index in [9.17, 15) is 5.26 Å². The standard InChI is InChI=1S/C43H25N3O/c44-26-27-21-29(23-31(22-27)46-40-15-7-3-11-34(40)35-12-4-8-16-41(35)46)28-17-19-42-36(24-28)37-25-30(18-20-43(37)47-42)45-38-13-5-1-9-32(38)33-10-2-6-14-39(33)45/h1-25H. The van der Waals surface area contributed by atoms with Crippen LogP contribution in [0, 0.1) is 11.3 Å². The molecular weight excluding hydrogens is 574 g/mol. The molecule has 4 heteroatoms. The summed E-state index contributed by atoms with van der Waals surface area (Å²) < 4.78 is 10.9. The summed E-state index contributed by atoms with van der Waals surface area (Å²) in [5, 5.41) is 17.1. The van der Waals surface area contributed by atoms with Gasteiger partial charge >= 0.3 is 0 Å². The smallest absolute Gasteiger partial charge is 0.135 e. The molecule has 3 aromatic heterocycles. The van der Waals surface area contributed by atoms with Crippen LogP contribution in [0.5, 0.6) is 0 Å². The Morgan fingerprint density at radius 3 is 1.45 bits per heavy atom. The molecule has 47 heavy (non-hydrogen) atoms. The third-order valence-corrected chi connectivity index (χ3v) is 9.51. The largest absolute Gasteiger partial charge is 0.456 e. The van der Waals surface area contributed by atoms with Gasteiger partial charge in [0.25, 0.3) is 0 Å². The number of hydrogen-bond acceptors (Lipinski definition) is 2. The molecule has 218 valence electrons. The topological polar surface area (TPSA) is 46.8 Å². The molecule has 0 saturated carbocycles. The lowest BCUT2D eigenvalue weighted by atomic mass is 10.00. The minimum absolute atomic E-state index is 0.616. The van der Waals surface area contributed by atoms with Crippen LogP contribution in [0.2, 0.25) is 0 Å². The third kappa shape index (κ3) is 3.75. The Kier molecular flexibility index (Phi) is 5.32. The van der Waals surface area contributed by atoms with Crippen LogP contribution in [0.25, 0.3) is 88.1 Å². The van der Waals surface area contributed by atoms with E-state index in [4.69, 9.17) is 4.42 Å². The Morgan fingerprint density at radius 2 is 0.894 bits per heavy atom. The highest BCUT2D eigenvalue weighted by Gasteiger charge is 2.16. The number of nitrogens with zero attached hydrogens (tertiary/aromatic N) is 3. The Balaban J connectivity index is 1.17. The van der Waals surface area contributed by atoms with E-state index in [2.05, 4.69) is 149 Å². The molecule has 0 bridgehead atoms. The lowest BCUT2D eigenvalue weighted by molar-refractivity contribution is 0.669. The fourth-order valence-corrected chi connectivity index (χ4v) is 7.46. The zero-order valence-electron chi connectivity index (χ0n) is 25.2. The van der Waals surface area contributed by atoms with Crippen LogP contribution in [0.15, 0.2) is 156 Å². The summed E-state index contributed by atoms with van der Waals surface area (Å²) in [6, 6.07) is 55.4. The number of furan rings is 1. The second-order valence-corrected chi connectivity index (χ2v) is 12.1. The van der Waals surface area contributed by atoms with Crippen molar-refractivity contribution in [2.24, 2.45) is 0 Å². The van der Waals surface area contributed by atoms with Crippen molar-refractivity contribution in [3.05, 3.63) is 157 Å². The van der Waals surface area contributed by atoms with Crippen LogP contribution >= 0.6 is 0 Å². The molecule has 4 nitrogen and oxygen atoms in total. The van der Waals surface area contributed by atoms with Gasteiger partial charge in [-0.2, -0.15) is 5.26 Å². The zero-order chi connectivity index (χ0) is 31.1. The predicted octanol–water partition coefficient (Wildman–Crippen LogP) is 11.3. The van der Waals surface area contributed by atoms with Crippen LogP contribution in [-0.2, 0) is 0 Å². The molecule has 0 amide bonds. The van der Waals surface area contributed by atoms with Crippen molar-refractivity contribution >= 4 is 65.6 Å². The van der Waals surface area contributed by atoms with E-state index in [1.54, 1.807) is 0 Å². The van der Waals surface area contributed by atoms with Gasteiger partial charge in [-0.05, 0) is 83.9 Å². The molecule has 0 saturated heterocycles. The second kappa shape index (κ2) is 9.71. The summed E-state index contributed by atoms with van der Waals surface area (Å²) in [5.41, 5.74) is 10.9. The molecule has 0 atom stereocenters. The summed E-state index contributed by atoms with van der Waals surface area (Å²) in [4.78, 5) is 0. The lowest BCUT2D eigenvalue weighted by Gasteiger charge is -2.11. The summed E-state index contributed by atoms with van der Waals surface area (Å²) in [6.45, 7) is 0. The van der Waals surface area contributed by atoms with E-state index in [1.165, 1.54) is 32.6 Å². The normalized spacial score (nSPS) is 11.8. The third-order valence-electron chi connectivity index (χ3n) is 9.51. The number of para-hydroxylation sites is 4. The van der Waals surface area contributed by atoms with Crippen LogP contribution in [0.3, 0.4) is 0 Å². The number of nitriles is 1. The summed E-state index contributed by atoms with van der Waals surface area (Å²) in [5.74, 6) is 0. The first-order valence-corrected chi connectivity index (χ1v) is 15.7. The molecule has 7 aromatic carbocycles. The van der Waals surface area contributed by atoms with Gasteiger partial charge in [0.1, 0.15) is 11.2 Å². The predicted molar refractivity (Wildman–Crippen MR) is 193 cm³/mol. The highest BCUT2D eigenvalue weighted by molar-refractivity contribution is 6.11. The maximum absolute atomic E-state index is 10.1. The maximum Gasteiger partial charge on any atom is 0.135 e. The van der Waals surface area contributed by atoms with Crippen molar-refractivity contribution in [2.75, 3.05) is 0 Å². The highest BCUT2D eigenvalue weighted by atomic mass is 16.3. The van der Waals surface area contributed by atoms with Crippen molar-refractivity contribution in [3.63, 3.8) is 0 Å². The van der Waals surface area contributed by atoms with Crippen molar-refractivity contribution in [3.8, 4) is 28.6 Å². The average Bonchev–Trinajstić information content (AvgIpc) is 3.78. The fourth-order valence-electron chi connectivity index (χ4n) is 7.46. The van der Waals surface area contributed by atoms with E-state index in [-0.39, 0.29) is 0 Å². The second-order valence-electron chi connectivity index (χ2n) is 12.1. The van der Waals surface area contributed by atoms with Gasteiger partial charge in [0.05, 0.1) is 33.7 Å². The first-order valence-electron chi connectivity index (χ1n) is 15.7. The van der Waals surface area contributed by atoms with E-state index in [0.717, 1.165) is 55.5 Å². The minimum Gasteiger partial charge on any atom is -0.456 e. The molecule has 0 aliphatic rings. The van der Waals surface area contributed by atoms with Gasteiger partial charge in [-0.25, -0.2) is 0 Å². The molecule has 0 fully saturated rings. The molecule has 10 aromatic rings. The molecule has 0 aliphatic heterocycles. The first kappa shape index (κ1) is 25.7. The molecule has 0 spiro atoms. The van der Waals surface area contributed by atoms with Crippen LogP contribution in [-0.4, -0.2) is 9.13 Å². The van der Waals surface area contributed by atoms with E-state index < -0.39 is 0 Å². The molecule has 0 radical (unpaired) electrons. The fraction of sp³-hybridized carbons (Fsp3) is 0. The van der Waals surface area contributed by atoms with Crippen LogP contribution < -0.4 is 0 Å². The molecule has 10 rings (SSSR count). The number of fused-ring (bicyclic) bond motifs is 9. The van der Waals surface area contributed by atoms with Crippen molar-refractivity contribution in [1.82, 2.24) is 9.13 Å². The summed E-state index contributed by atoms with van der Waals surface area (Å²) in [6.07, 6.45) is 0. The molecule has 0 unspecified atom stereocenters. The quantitative estimate of drug-likeness (QED) is 0.203. The van der Waals surface area contributed by atoms with E-state index in [1.807, 2.05) is 18.2 Å². The Labute approximate surface area is 269 Å². The SMILES string of the molecule is N#Cc1cc(-c2ccc3oc4ccc(-n5c6ccccc6c6ccccc65)cc4c3c2)cc(-n2c3ccccc3c3ccccc32)c1. The maximum atomic E-state index is 10.1. The number of aromatic nitrogens is 2. The van der Waals surface area contributed by atoms with E-state index >= 15 is 0 Å². The number of rotatable bonds is 3. The summed E-state index contributed by atoms with van der Waals surface area (Å²) in [7, 11) is 0. The van der Waals surface area contributed by atoms with Gasteiger partial charge in [0.2, 0.25) is 0 Å². The number of hydrogen-bond donors (Lipinski definition) is 0. The van der Waals surface area contributed by atoms with Crippen LogP contribution in [0.4, 0.5) is 0 Å². The minimum atomic E-state index is 0.616. The molecular formula is C43H25N3O. The van der Waals surface area contributed by atoms with Crippen molar-refractivity contribution in [2.45, 2.75) is 0 Å². The highest BCUT2D eigenvalue weighted by Crippen LogP contribution is 2.38. The monoisotopic (exact) mass is 599 g/mol. The van der Waals surface area contributed by atoms with Gasteiger partial charge < -0.3 is 13.6 Å². The van der Waals surface area contributed by atoms with Gasteiger partial charge in [-0.1, -0.05) is 78.9 Å². The first-order chi connectivity index (χ1) is 23.2. The Bertz CT molecular complexity index is 2820. The van der Waals surface area contributed by atoms with Gasteiger partial charge in [0, 0.05) is 43.7 Å². The van der Waals surface area contributed by atoms with Crippen LogP contribution in [0.1, 0.15) is 5.56 Å².